The van der Waals surface area contributed by atoms with Gasteiger partial charge in [0.2, 0.25) is 0 Å². The summed E-state index contributed by atoms with van der Waals surface area (Å²) in [4.78, 5) is 0. The molecule has 0 aromatic heterocycles. The monoisotopic (exact) mass is 157 g/mol. The zero-order valence-electron chi connectivity index (χ0n) is 5.26. The first-order valence-electron chi connectivity index (χ1n) is 2.72. The van der Waals surface area contributed by atoms with Crippen molar-refractivity contribution in [1.29, 1.82) is 0 Å². The predicted molar refractivity (Wildman–Crippen MR) is 44.7 cm³/mol. The lowest BCUT2D eigenvalue weighted by Crippen LogP contribution is -1.97. The Morgan fingerprint density at radius 3 is 2.00 bits per heavy atom. The summed E-state index contributed by atoms with van der Waals surface area (Å²) >= 11 is 5.65. The number of hydrogen-bond donors (Lipinski definition) is 3. The van der Waals surface area contributed by atoms with Crippen LogP contribution in [-0.2, 0) is 0 Å². The van der Waals surface area contributed by atoms with E-state index in [1.807, 2.05) is 0 Å². The molecule has 0 bridgehead atoms. The SMILES string of the molecule is Nc1ccc(N)c(Cl)c1N. The third kappa shape index (κ3) is 0.953. The van der Waals surface area contributed by atoms with E-state index in [1.54, 1.807) is 12.1 Å². The highest BCUT2D eigenvalue weighted by molar-refractivity contribution is 6.36. The lowest BCUT2D eigenvalue weighted by molar-refractivity contribution is 1.65. The summed E-state index contributed by atoms with van der Waals surface area (Å²) < 4.78 is 0. The van der Waals surface area contributed by atoms with Gasteiger partial charge in [0.25, 0.3) is 0 Å². The maximum atomic E-state index is 5.65. The summed E-state index contributed by atoms with van der Waals surface area (Å²) in [5, 5.41) is 0.333. The van der Waals surface area contributed by atoms with Crippen molar-refractivity contribution in [3.8, 4) is 0 Å². The average molecular weight is 158 g/mol. The Bertz CT molecular complexity index is 232. The van der Waals surface area contributed by atoms with Gasteiger partial charge in [0.1, 0.15) is 0 Å². The molecule has 0 saturated heterocycles. The second-order valence-corrected chi connectivity index (χ2v) is 2.35. The highest BCUT2D eigenvalue weighted by Gasteiger charge is 2.02. The molecule has 4 heteroatoms. The first-order chi connectivity index (χ1) is 4.63. The van der Waals surface area contributed by atoms with E-state index in [0.717, 1.165) is 0 Å². The maximum Gasteiger partial charge on any atom is 0.0885 e. The molecule has 0 amide bonds. The molecule has 1 aromatic carbocycles. The van der Waals surface area contributed by atoms with Crippen molar-refractivity contribution in [3.63, 3.8) is 0 Å². The van der Waals surface area contributed by atoms with Gasteiger partial charge in [-0.2, -0.15) is 0 Å². The first-order valence-corrected chi connectivity index (χ1v) is 3.09. The number of hydrogen-bond acceptors (Lipinski definition) is 3. The number of halogens is 1. The molecule has 54 valence electrons. The van der Waals surface area contributed by atoms with E-state index < -0.39 is 0 Å². The molecule has 0 spiro atoms. The maximum absolute atomic E-state index is 5.65. The van der Waals surface area contributed by atoms with Gasteiger partial charge in [0, 0.05) is 0 Å². The lowest BCUT2D eigenvalue weighted by Gasteiger charge is -2.03. The van der Waals surface area contributed by atoms with E-state index in [2.05, 4.69) is 0 Å². The Labute approximate surface area is 63.8 Å². The van der Waals surface area contributed by atoms with Crippen LogP contribution in [-0.4, -0.2) is 0 Å². The van der Waals surface area contributed by atoms with Crippen LogP contribution < -0.4 is 17.2 Å². The third-order valence-corrected chi connectivity index (χ3v) is 1.67. The normalized spacial score (nSPS) is 9.70. The summed E-state index contributed by atoms with van der Waals surface area (Å²) in [6, 6.07) is 3.24. The molecule has 6 N–H and O–H groups in total. The van der Waals surface area contributed by atoms with Gasteiger partial charge >= 0.3 is 0 Å². The Kier molecular flexibility index (Phi) is 1.59. The highest BCUT2D eigenvalue weighted by atomic mass is 35.5. The van der Waals surface area contributed by atoms with Gasteiger partial charge in [-0.05, 0) is 12.1 Å². The molecule has 0 unspecified atom stereocenters. The summed E-state index contributed by atoms with van der Waals surface area (Å²) in [6.07, 6.45) is 0. The van der Waals surface area contributed by atoms with Gasteiger partial charge < -0.3 is 17.2 Å². The fourth-order valence-electron chi connectivity index (χ4n) is 0.625. The zero-order valence-corrected chi connectivity index (χ0v) is 6.02. The number of rotatable bonds is 0. The highest BCUT2D eigenvalue weighted by Crippen LogP contribution is 2.29. The molecule has 0 atom stereocenters. The quantitative estimate of drug-likeness (QED) is 0.494. The fourth-order valence-corrected chi connectivity index (χ4v) is 0.797. The standard InChI is InChI=1S/C6H8ClN3/c7-5-3(8)1-2-4(9)6(5)10/h1-2H,8-10H2. The summed E-state index contributed by atoms with van der Waals surface area (Å²) in [5.74, 6) is 0. The fraction of sp³-hybridized carbons (Fsp3) is 0. The second kappa shape index (κ2) is 2.27. The second-order valence-electron chi connectivity index (χ2n) is 1.97. The topological polar surface area (TPSA) is 78.1 Å². The molecule has 1 aromatic rings. The molecular weight excluding hydrogens is 150 g/mol. The molecule has 0 aliphatic heterocycles. The van der Waals surface area contributed by atoms with Crippen molar-refractivity contribution in [1.82, 2.24) is 0 Å². The number of benzene rings is 1. The van der Waals surface area contributed by atoms with E-state index in [0.29, 0.717) is 22.1 Å². The van der Waals surface area contributed by atoms with E-state index in [9.17, 15) is 0 Å². The number of anilines is 3. The first kappa shape index (κ1) is 7.02. The summed E-state index contributed by atoms with van der Waals surface area (Å²) in [6.45, 7) is 0. The minimum absolute atomic E-state index is 0.333. The van der Waals surface area contributed by atoms with E-state index in [-0.39, 0.29) is 0 Å². The largest absolute Gasteiger partial charge is 0.397 e. The minimum atomic E-state index is 0.333. The van der Waals surface area contributed by atoms with Gasteiger partial charge in [-0.1, -0.05) is 11.6 Å². The van der Waals surface area contributed by atoms with Crippen LogP contribution in [0.4, 0.5) is 17.1 Å². The van der Waals surface area contributed by atoms with Gasteiger partial charge in [0.05, 0.1) is 22.1 Å². The average Bonchev–Trinajstić information content (AvgIpc) is 1.93. The Morgan fingerprint density at radius 1 is 1.00 bits per heavy atom. The molecule has 0 aliphatic rings. The molecule has 10 heavy (non-hydrogen) atoms. The third-order valence-electron chi connectivity index (χ3n) is 1.24. The van der Waals surface area contributed by atoms with Crippen molar-refractivity contribution in [2.75, 3.05) is 17.2 Å². The van der Waals surface area contributed by atoms with Crippen molar-refractivity contribution in [2.45, 2.75) is 0 Å². The predicted octanol–water partition coefficient (Wildman–Crippen LogP) is 1.09. The van der Waals surface area contributed by atoms with Gasteiger partial charge in [0.15, 0.2) is 0 Å². The summed E-state index contributed by atoms with van der Waals surface area (Å²) in [5.41, 5.74) is 17.6. The van der Waals surface area contributed by atoms with Crippen LogP contribution in [0.1, 0.15) is 0 Å². The lowest BCUT2D eigenvalue weighted by atomic mass is 10.2. The van der Waals surface area contributed by atoms with Crippen LogP contribution in [0.2, 0.25) is 5.02 Å². The molecular formula is C6H8ClN3. The van der Waals surface area contributed by atoms with Crippen LogP contribution in [0.25, 0.3) is 0 Å². The number of nitrogens with two attached hydrogens (primary N) is 3. The molecule has 3 nitrogen and oxygen atoms in total. The molecule has 0 fully saturated rings. The van der Waals surface area contributed by atoms with Crippen molar-refractivity contribution in [2.24, 2.45) is 0 Å². The van der Waals surface area contributed by atoms with Crippen molar-refractivity contribution in [3.05, 3.63) is 17.2 Å². The van der Waals surface area contributed by atoms with E-state index in [1.165, 1.54) is 0 Å². The smallest absolute Gasteiger partial charge is 0.0885 e. The Hall–Kier alpha value is -1.09. The zero-order chi connectivity index (χ0) is 7.72. The number of nitrogen functional groups attached to an aromatic ring is 3. The Morgan fingerprint density at radius 2 is 1.50 bits per heavy atom. The van der Waals surface area contributed by atoms with Gasteiger partial charge in [-0.25, -0.2) is 0 Å². The van der Waals surface area contributed by atoms with Crippen molar-refractivity contribution >= 4 is 28.7 Å². The van der Waals surface area contributed by atoms with Crippen LogP contribution in [0.15, 0.2) is 12.1 Å². The van der Waals surface area contributed by atoms with E-state index in [4.69, 9.17) is 28.8 Å². The van der Waals surface area contributed by atoms with Gasteiger partial charge in [-0.3, -0.25) is 0 Å². The van der Waals surface area contributed by atoms with E-state index >= 15 is 0 Å². The molecule has 0 aliphatic carbocycles. The van der Waals surface area contributed by atoms with Crippen LogP contribution in [0, 0.1) is 0 Å². The van der Waals surface area contributed by atoms with Crippen LogP contribution in [0.5, 0.6) is 0 Å². The van der Waals surface area contributed by atoms with Crippen LogP contribution >= 0.6 is 11.6 Å². The Balaban J connectivity index is 3.34. The molecule has 1 rings (SSSR count). The van der Waals surface area contributed by atoms with Crippen LogP contribution in [0.3, 0.4) is 0 Å². The molecule has 0 saturated carbocycles. The van der Waals surface area contributed by atoms with Gasteiger partial charge in [-0.15, -0.1) is 0 Å². The minimum Gasteiger partial charge on any atom is -0.397 e. The van der Waals surface area contributed by atoms with Crippen molar-refractivity contribution < 1.29 is 0 Å². The molecule has 0 heterocycles. The summed E-state index contributed by atoms with van der Waals surface area (Å²) in [7, 11) is 0. The molecule has 0 radical (unpaired) electrons.